The number of aromatic nitrogens is 2. The highest BCUT2D eigenvalue weighted by Crippen LogP contribution is 2.20. The third kappa shape index (κ3) is 4.24. The van der Waals surface area contributed by atoms with Crippen molar-refractivity contribution in [1.29, 1.82) is 0 Å². The molecule has 4 N–H and O–H groups in total. The van der Waals surface area contributed by atoms with Crippen molar-refractivity contribution in [2.45, 2.75) is 25.8 Å². The molecule has 0 aliphatic heterocycles. The predicted octanol–water partition coefficient (Wildman–Crippen LogP) is 1.77. The largest absolute Gasteiger partial charge is 0.399 e. The van der Waals surface area contributed by atoms with Crippen LogP contribution in [0, 0.1) is 0 Å². The number of aliphatic hydroxyl groups is 2. The lowest BCUT2D eigenvalue weighted by Crippen LogP contribution is -2.06. The molecule has 1 aromatic carbocycles. The molecule has 0 atom stereocenters. The Kier molecular flexibility index (Phi) is 8.57. The molecule has 5 nitrogen and oxygen atoms in total. The lowest BCUT2D eigenvalue weighted by Gasteiger charge is -2.07. The van der Waals surface area contributed by atoms with Crippen LogP contribution in [0.2, 0.25) is 0 Å². The van der Waals surface area contributed by atoms with Crippen LogP contribution in [0.15, 0.2) is 18.2 Å². The van der Waals surface area contributed by atoms with E-state index in [2.05, 4.69) is 9.55 Å². The molecule has 0 aliphatic rings. The Hall–Kier alpha value is -1.01. The minimum absolute atomic E-state index is 0. The maximum Gasteiger partial charge on any atom is 0.109 e. The second-order valence-corrected chi connectivity index (χ2v) is 4.33. The summed E-state index contributed by atoms with van der Waals surface area (Å²) in [6.07, 6.45) is 2.12. The summed E-state index contributed by atoms with van der Waals surface area (Å²) in [5, 5.41) is 17.9. The van der Waals surface area contributed by atoms with Gasteiger partial charge in [0.25, 0.3) is 0 Å². The molecule has 114 valence electrons. The Balaban J connectivity index is 0.00000180. The van der Waals surface area contributed by atoms with Gasteiger partial charge in [0, 0.05) is 31.9 Å². The molecule has 0 bridgehead atoms. The zero-order valence-corrected chi connectivity index (χ0v) is 12.8. The topological polar surface area (TPSA) is 84.3 Å². The summed E-state index contributed by atoms with van der Waals surface area (Å²) in [5.74, 6) is 0.943. The SMILES string of the molecule is Cl.Cl.Nc1ccc2c(c1)nc(CCCO)n2CCCO. The van der Waals surface area contributed by atoms with E-state index in [1.165, 1.54) is 0 Å². The van der Waals surface area contributed by atoms with Crippen LogP contribution >= 0.6 is 24.8 Å². The van der Waals surface area contributed by atoms with Gasteiger partial charge in [0.2, 0.25) is 0 Å². The van der Waals surface area contributed by atoms with Crippen molar-refractivity contribution >= 4 is 41.5 Å². The fourth-order valence-electron chi connectivity index (χ4n) is 2.10. The highest BCUT2D eigenvalue weighted by Gasteiger charge is 2.10. The van der Waals surface area contributed by atoms with E-state index >= 15 is 0 Å². The molecule has 0 amide bonds. The highest BCUT2D eigenvalue weighted by molar-refractivity contribution is 5.85. The van der Waals surface area contributed by atoms with Crippen molar-refractivity contribution in [3.63, 3.8) is 0 Å². The van der Waals surface area contributed by atoms with Gasteiger partial charge in [-0.3, -0.25) is 0 Å². The second-order valence-electron chi connectivity index (χ2n) is 4.33. The first kappa shape index (κ1) is 19.0. The van der Waals surface area contributed by atoms with E-state index < -0.39 is 0 Å². The van der Waals surface area contributed by atoms with Gasteiger partial charge in [-0.05, 0) is 31.0 Å². The predicted molar refractivity (Wildman–Crippen MR) is 85.8 cm³/mol. The Morgan fingerprint density at radius 1 is 1.10 bits per heavy atom. The van der Waals surface area contributed by atoms with E-state index in [0.29, 0.717) is 18.5 Å². The molecule has 0 unspecified atom stereocenters. The van der Waals surface area contributed by atoms with Crippen LogP contribution < -0.4 is 5.73 Å². The molecule has 0 spiro atoms. The number of nitrogens with zero attached hydrogens (tertiary/aromatic N) is 2. The van der Waals surface area contributed by atoms with Crippen LogP contribution in [0.3, 0.4) is 0 Å². The summed E-state index contributed by atoms with van der Waals surface area (Å²) in [6.45, 7) is 1.05. The fraction of sp³-hybridized carbons (Fsp3) is 0.462. The van der Waals surface area contributed by atoms with E-state index in [0.717, 1.165) is 29.8 Å². The number of hydrogen-bond donors (Lipinski definition) is 3. The van der Waals surface area contributed by atoms with E-state index in [4.69, 9.17) is 15.9 Å². The Morgan fingerprint density at radius 3 is 2.45 bits per heavy atom. The van der Waals surface area contributed by atoms with Gasteiger partial charge in [-0.2, -0.15) is 0 Å². The Morgan fingerprint density at radius 2 is 1.80 bits per heavy atom. The highest BCUT2D eigenvalue weighted by atomic mass is 35.5. The van der Waals surface area contributed by atoms with Crippen molar-refractivity contribution in [3.8, 4) is 0 Å². The second kappa shape index (κ2) is 9.02. The standard InChI is InChI=1S/C13H19N3O2.2ClH/c14-10-4-5-12-11(9-10)15-13(3-1-7-17)16(12)6-2-8-18;;/h4-5,9,17-18H,1-3,6-8,14H2;2*1H. The summed E-state index contributed by atoms with van der Waals surface area (Å²) in [5.41, 5.74) is 8.36. The molecular weight excluding hydrogens is 301 g/mol. The number of benzene rings is 1. The van der Waals surface area contributed by atoms with Gasteiger partial charge in [0.15, 0.2) is 0 Å². The summed E-state index contributed by atoms with van der Waals surface area (Å²) in [7, 11) is 0. The monoisotopic (exact) mass is 321 g/mol. The number of hydrogen-bond acceptors (Lipinski definition) is 4. The number of aliphatic hydroxyl groups excluding tert-OH is 2. The van der Waals surface area contributed by atoms with Gasteiger partial charge in [-0.1, -0.05) is 0 Å². The van der Waals surface area contributed by atoms with Gasteiger partial charge in [-0.15, -0.1) is 24.8 Å². The smallest absolute Gasteiger partial charge is 0.109 e. The first-order valence-corrected chi connectivity index (χ1v) is 6.22. The van der Waals surface area contributed by atoms with E-state index in [-0.39, 0.29) is 38.0 Å². The molecule has 1 heterocycles. The average Bonchev–Trinajstić information content (AvgIpc) is 2.70. The van der Waals surface area contributed by atoms with Gasteiger partial charge in [0.1, 0.15) is 5.82 Å². The molecule has 7 heteroatoms. The Bertz CT molecular complexity index is 532. The van der Waals surface area contributed by atoms with Gasteiger partial charge in [0.05, 0.1) is 11.0 Å². The normalized spacial score (nSPS) is 10.1. The number of halogens is 2. The molecule has 0 saturated heterocycles. The zero-order valence-electron chi connectivity index (χ0n) is 11.2. The average molecular weight is 322 g/mol. The molecule has 0 saturated carbocycles. The van der Waals surface area contributed by atoms with Gasteiger partial charge in [-0.25, -0.2) is 4.98 Å². The number of fused-ring (bicyclic) bond motifs is 1. The first-order chi connectivity index (χ1) is 8.76. The molecule has 0 fully saturated rings. The van der Waals surface area contributed by atoms with Crippen LogP contribution in [0.5, 0.6) is 0 Å². The van der Waals surface area contributed by atoms with Crippen molar-refractivity contribution in [1.82, 2.24) is 9.55 Å². The number of imidazole rings is 1. The minimum atomic E-state index is 0. The third-order valence-electron chi connectivity index (χ3n) is 2.95. The van der Waals surface area contributed by atoms with Crippen molar-refractivity contribution in [2.24, 2.45) is 0 Å². The lowest BCUT2D eigenvalue weighted by atomic mass is 10.2. The van der Waals surface area contributed by atoms with Gasteiger partial charge >= 0.3 is 0 Å². The Labute approximate surface area is 130 Å². The van der Waals surface area contributed by atoms with E-state index in [1.54, 1.807) is 0 Å². The number of aryl methyl sites for hydroxylation is 2. The van der Waals surface area contributed by atoms with Gasteiger partial charge < -0.3 is 20.5 Å². The maximum atomic E-state index is 8.95. The summed E-state index contributed by atoms with van der Waals surface area (Å²) in [6, 6.07) is 5.67. The van der Waals surface area contributed by atoms with Crippen LogP contribution in [0.4, 0.5) is 5.69 Å². The molecule has 2 rings (SSSR count). The lowest BCUT2D eigenvalue weighted by molar-refractivity contribution is 0.277. The zero-order chi connectivity index (χ0) is 13.0. The molecule has 20 heavy (non-hydrogen) atoms. The maximum absolute atomic E-state index is 8.95. The van der Waals surface area contributed by atoms with Crippen LogP contribution in [-0.2, 0) is 13.0 Å². The van der Waals surface area contributed by atoms with Crippen molar-refractivity contribution in [3.05, 3.63) is 24.0 Å². The van der Waals surface area contributed by atoms with Crippen LogP contribution in [0.1, 0.15) is 18.7 Å². The summed E-state index contributed by atoms with van der Waals surface area (Å²) < 4.78 is 2.10. The minimum Gasteiger partial charge on any atom is -0.399 e. The number of anilines is 1. The van der Waals surface area contributed by atoms with Crippen molar-refractivity contribution < 1.29 is 10.2 Å². The molecule has 2 aromatic rings. The number of nitrogens with two attached hydrogens (primary N) is 1. The van der Waals surface area contributed by atoms with E-state index in [9.17, 15) is 0 Å². The van der Waals surface area contributed by atoms with Crippen LogP contribution in [0.25, 0.3) is 11.0 Å². The first-order valence-electron chi connectivity index (χ1n) is 6.22. The number of rotatable bonds is 6. The third-order valence-corrected chi connectivity index (χ3v) is 2.95. The molecule has 0 radical (unpaired) electrons. The molecular formula is C13H21Cl2N3O2. The summed E-state index contributed by atoms with van der Waals surface area (Å²) in [4.78, 5) is 4.55. The molecule has 0 aliphatic carbocycles. The summed E-state index contributed by atoms with van der Waals surface area (Å²) >= 11 is 0. The van der Waals surface area contributed by atoms with Crippen LogP contribution in [-0.4, -0.2) is 33.0 Å². The molecule has 1 aromatic heterocycles. The fourth-order valence-corrected chi connectivity index (χ4v) is 2.10. The quantitative estimate of drug-likeness (QED) is 0.708. The van der Waals surface area contributed by atoms with E-state index in [1.807, 2.05) is 18.2 Å². The van der Waals surface area contributed by atoms with Crippen molar-refractivity contribution in [2.75, 3.05) is 18.9 Å². The number of nitrogen functional groups attached to an aromatic ring is 1.